The molecule has 13 heavy (non-hydrogen) atoms. The van der Waals surface area contributed by atoms with Gasteiger partial charge in [0.05, 0.1) is 5.92 Å². The lowest BCUT2D eigenvalue weighted by molar-refractivity contribution is -0.152. The maximum atomic E-state index is 12.0. The van der Waals surface area contributed by atoms with Gasteiger partial charge in [-0.1, -0.05) is 0 Å². The van der Waals surface area contributed by atoms with E-state index in [4.69, 9.17) is 10.8 Å². The smallest absolute Gasteiger partial charge is 0.393 e. The summed E-state index contributed by atoms with van der Waals surface area (Å²) in [6.07, 6.45) is -4.51. The fourth-order valence-electron chi connectivity index (χ4n) is 1.52. The molecule has 6 heteroatoms. The van der Waals surface area contributed by atoms with E-state index >= 15 is 0 Å². The zero-order valence-corrected chi connectivity index (χ0v) is 6.71. The summed E-state index contributed by atoms with van der Waals surface area (Å²) in [5.41, 5.74) is 5.17. The molecule has 0 aromatic heterocycles. The first-order valence-electron chi connectivity index (χ1n) is 3.88. The van der Waals surface area contributed by atoms with E-state index < -0.39 is 30.0 Å². The van der Waals surface area contributed by atoms with Gasteiger partial charge in [-0.3, -0.25) is 4.79 Å². The molecule has 0 heterocycles. The first-order chi connectivity index (χ1) is 5.84. The monoisotopic (exact) mass is 197 g/mol. The zero-order chi connectivity index (χ0) is 10.2. The normalized spacial score (nSPS) is 33.1. The van der Waals surface area contributed by atoms with Crippen molar-refractivity contribution in [3.05, 3.63) is 0 Å². The molecule has 1 aliphatic rings. The zero-order valence-electron chi connectivity index (χ0n) is 6.71. The van der Waals surface area contributed by atoms with Gasteiger partial charge < -0.3 is 10.8 Å². The molecule has 0 spiro atoms. The number of rotatable bonds is 3. The number of carbonyl (C=O) groups is 1. The van der Waals surface area contributed by atoms with Crippen molar-refractivity contribution in [3.63, 3.8) is 0 Å². The molecule has 0 aromatic rings. The Kier molecular flexibility index (Phi) is 2.51. The quantitative estimate of drug-likeness (QED) is 0.709. The average molecular weight is 197 g/mol. The van der Waals surface area contributed by atoms with Crippen LogP contribution >= 0.6 is 0 Å². The van der Waals surface area contributed by atoms with Crippen LogP contribution < -0.4 is 5.73 Å². The van der Waals surface area contributed by atoms with E-state index in [2.05, 4.69) is 0 Å². The third-order valence-corrected chi connectivity index (χ3v) is 2.30. The Bertz CT molecular complexity index is 216. The molecule has 0 bridgehead atoms. The molecule has 0 saturated heterocycles. The van der Waals surface area contributed by atoms with Gasteiger partial charge in [-0.25, -0.2) is 0 Å². The number of carboxylic acid groups (broad SMARTS) is 1. The van der Waals surface area contributed by atoms with Crippen LogP contribution in [-0.4, -0.2) is 23.3 Å². The molecular weight excluding hydrogens is 187 g/mol. The first kappa shape index (κ1) is 10.3. The molecule has 0 amide bonds. The van der Waals surface area contributed by atoms with Gasteiger partial charge in [-0.05, 0) is 12.3 Å². The van der Waals surface area contributed by atoms with Crippen molar-refractivity contribution in [1.29, 1.82) is 0 Å². The van der Waals surface area contributed by atoms with Crippen LogP contribution in [0.1, 0.15) is 12.8 Å². The summed E-state index contributed by atoms with van der Waals surface area (Å²) in [5.74, 6) is -3.28. The molecule has 1 saturated carbocycles. The molecule has 0 unspecified atom stereocenters. The molecule has 3 atom stereocenters. The fourth-order valence-corrected chi connectivity index (χ4v) is 1.52. The SMILES string of the molecule is N[C@@H]1[C@H](CCC(=O)O)[C@@H]1C(F)(F)F. The lowest BCUT2D eigenvalue weighted by Gasteiger charge is -2.03. The molecule has 0 radical (unpaired) electrons. The maximum absolute atomic E-state index is 12.0. The minimum Gasteiger partial charge on any atom is -0.481 e. The number of alkyl halides is 3. The van der Waals surface area contributed by atoms with E-state index in [1.54, 1.807) is 0 Å². The van der Waals surface area contributed by atoms with Gasteiger partial charge in [0.15, 0.2) is 0 Å². The van der Waals surface area contributed by atoms with E-state index in [9.17, 15) is 18.0 Å². The van der Waals surface area contributed by atoms with Crippen LogP contribution in [0.15, 0.2) is 0 Å². The van der Waals surface area contributed by atoms with Crippen molar-refractivity contribution in [3.8, 4) is 0 Å². The Balaban J connectivity index is 2.36. The number of hydrogen-bond donors (Lipinski definition) is 2. The number of aliphatic carboxylic acids is 1. The molecule has 1 aliphatic carbocycles. The van der Waals surface area contributed by atoms with E-state index in [0.717, 1.165) is 0 Å². The van der Waals surface area contributed by atoms with Crippen LogP contribution in [0.25, 0.3) is 0 Å². The summed E-state index contributed by atoms with van der Waals surface area (Å²) >= 11 is 0. The minimum atomic E-state index is -4.28. The Hall–Kier alpha value is -0.780. The summed E-state index contributed by atoms with van der Waals surface area (Å²) in [6.45, 7) is 0. The second-order valence-electron chi connectivity index (χ2n) is 3.24. The first-order valence-corrected chi connectivity index (χ1v) is 3.88. The highest BCUT2D eigenvalue weighted by atomic mass is 19.4. The summed E-state index contributed by atoms with van der Waals surface area (Å²) in [6, 6.07) is -0.903. The Labute approximate surface area is 72.7 Å². The van der Waals surface area contributed by atoms with Crippen molar-refractivity contribution in [2.45, 2.75) is 25.1 Å². The molecule has 1 fully saturated rings. The fraction of sp³-hybridized carbons (Fsp3) is 0.857. The van der Waals surface area contributed by atoms with Gasteiger partial charge in [0.25, 0.3) is 0 Å². The Morgan fingerprint density at radius 2 is 2.00 bits per heavy atom. The molecule has 3 nitrogen and oxygen atoms in total. The van der Waals surface area contributed by atoms with Gasteiger partial charge in [0.2, 0.25) is 0 Å². The standard InChI is InChI=1S/C7H10F3NO2/c8-7(9,10)5-3(6(5)11)1-2-4(12)13/h3,5-6H,1-2,11H2,(H,12,13)/t3-,5+,6-/m1/s1. The summed E-state index contributed by atoms with van der Waals surface area (Å²) < 4.78 is 36.1. The maximum Gasteiger partial charge on any atom is 0.393 e. The summed E-state index contributed by atoms with van der Waals surface area (Å²) in [7, 11) is 0. The van der Waals surface area contributed by atoms with Crippen molar-refractivity contribution in [1.82, 2.24) is 0 Å². The number of hydrogen-bond acceptors (Lipinski definition) is 2. The van der Waals surface area contributed by atoms with Gasteiger partial charge >= 0.3 is 12.1 Å². The average Bonchev–Trinajstić information content (AvgIpc) is 2.55. The Morgan fingerprint density at radius 3 is 2.31 bits per heavy atom. The van der Waals surface area contributed by atoms with Crippen molar-refractivity contribution < 1.29 is 23.1 Å². The third-order valence-electron chi connectivity index (χ3n) is 2.30. The van der Waals surface area contributed by atoms with Gasteiger partial charge in [0, 0.05) is 12.5 Å². The number of nitrogens with two attached hydrogens (primary N) is 1. The van der Waals surface area contributed by atoms with Gasteiger partial charge in [-0.2, -0.15) is 13.2 Å². The van der Waals surface area contributed by atoms with Crippen molar-refractivity contribution in [2.24, 2.45) is 17.6 Å². The van der Waals surface area contributed by atoms with E-state index in [1.807, 2.05) is 0 Å². The third kappa shape index (κ3) is 2.33. The van der Waals surface area contributed by atoms with Gasteiger partial charge in [0.1, 0.15) is 0 Å². The Morgan fingerprint density at radius 1 is 1.46 bits per heavy atom. The predicted molar refractivity (Wildman–Crippen MR) is 37.9 cm³/mol. The number of halogens is 3. The molecule has 3 N–H and O–H groups in total. The van der Waals surface area contributed by atoms with Crippen LogP contribution in [0.3, 0.4) is 0 Å². The lowest BCUT2D eigenvalue weighted by atomic mass is 10.2. The van der Waals surface area contributed by atoms with Crippen molar-refractivity contribution in [2.75, 3.05) is 0 Å². The van der Waals surface area contributed by atoms with Crippen LogP contribution in [-0.2, 0) is 4.79 Å². The second kappa shape index (κ2) is 3.17. The van der Waals surface area contributed by atoms with Crippen molar-refractivity contribution >= 4 is 5.97 Å². The molecular formula is C7H10F3NO2. The highest BCUT2D eigenvalue weighted by Gasteiger charge is 2.62. The van der Waals surface area contributed by atoms with E-state index in [1.165, 1.54) is 0 Å². The van der Waals surface area contributed by atoms with Crippen LogP contribution in [0, 0.1) is 11.8 Å². The van der Waals surface area contributed by atoms with Gasteiger partial charge in [-0.15, -0.1) is 0 Å². The van der Waals surface area contributed by atoms with Crippen LogP contribution in [0.4, 0.5) is 13.2 Å². The number of carboxylic acids is 1. The molecule has 1 rings (SSSR count). The van der Waals surface area contributed by atoms with E-state index in [-0.39, 0.29) is 12.8 Å². The minimum absolute atomic E-state index is 0.0146. The second-order valence-corrected chi connectivity index (χ2v) is 3.24. The largest absolute Gasteiger partial charge is 0.481 e. The topological polar surface area (TPSA) is 63.3 Å². The highest BCUT2D eigenvalue weighted by molar-refractivity contribution is 5.66. The molecule has 0 aliphatic heterocycles. The van der Waals surface area contributed by atoms with Crippen LogP contribution in [0.2, 0.25) is 0 Å². The molecule has 0 aromatic carbocycles. The molecule has 76 valence electrons. The lowest BCUT2D eigenvalue weighted by Crippen LogP contribution is -2.17. The summed E-state index contributed by atoms with van der Waals surface area (Å²) in [4.78, 5) is 10.1. The van der Waals surface area contributed by atoms with Crippen LogP contribution in [0.5, 0.6) is 0 Å². The van der Waals surface area contributed by atoms with E-state index in [0.29, 0.717) is 0 Å². The summed E-state index contributed by atoms with van der Waals surface area (Å²) in [5, 5.41) is 8.24. The predicted octanol–water partition coefficient (Wildman–Crippen LogP) is 0.987. The highest BCUT2D eigenvalue weighted by Crippen LogP contribution is 2.51.